The Balaban J connectivity index is 1.65. The number of esters is 1. The van der Waals surface area contributed by atoms with Crippen LogP contribution < -0.4 is 10.6 Å². The Labute approximate surface area is 143 Å². The molecular weight excluding hydrogens is 310 g/mol. The molecule has 24 heavy (non-hydrogen) atoms. The van der Waals surface area contributed by atoms with Crippen LogP contribution in [0.15, 0.2) is 0 Å². The minimum Gasteiger partial charge on any atom is -0.466 e. The molecule has 0 bridgehead atoms. The number of piperidine rings is 1. The Hall–Kier alpha value is -1.63. The summed E-state index contributed by atoms with van der Waals surface area (Å²) in [4.78, 5) is 37.6. The number of carbonyl (C=O) groups excluding carboxylic acids is 3. The lowest BCUT2D eigenvalue weighted by Gasteiger charge is -2.31. The number of hydrogen-bond donors (Lipinski definition) is 2. The van der Waals surface area contributed by atoms with Gasteiger partial charge in [-0.15, -0.1) is 0 Å². The van der Waals surface area contributed by atoms with Gasteiger partial charge in [0.2, 0.25) is 5.91 Å². The number of hydrogen-bond acceptors (Lipinski definition) is 5. The van der Waals surface area contributed by atoms with Crippen LogP contribution in [0.5, 0.6) is 0 Å². The van der Waals surface area contributed by atoms with Crippen molar-refractivity contribution in [2.75, 3.05) is 26.2 Å². The fourth-order valence-electron chi connectivity index (χ4n) is 3.45. The zero-order valence-corrected chi connectivity index (χ0v) is 14.5. The lowest BCUT2D eigenvalue weighted by atomic mass is 9.98. The van der Waals surface area contributed by atoms with E-state index < -0.39 is 6.03 Å². The van der Waals surface area contributed by atoms with Crippen LogP contribution in [-0.2, 0) is 14.3 Å². The highest BCUT2D eigenvalue weighted by Crippen LogP contribution is 2.18. The van der Waals surface area contributed by atoms with Crippen molar-refractivity contribution in [2.45, 2.75) is 57.9 Å². The fraction of sp³-hybridized carbons (Fsp3) is 0.824. The van der Waals surface area contributed by atoms with Crippen molar-refractivity contribution in [1.29, 1.82) is 0 Å². The van der Waals surface area contributed by atoms with E-state index in [1.165, 1.54) is 0 Å². The van der Waals surface area contributed by atoms with Crippen LogP contribution in [0.1, 0.15) is 51.9 Å². The molecule has 2 rings (SSSR count). The number of ether oxygens (including phenoxy) is 1. The van der Waals surface area contributed by atoms with Crippen molar-refractivity contribution in [2.24, 2.45) is 5.92 Å². The van der Waals surface area contributed by atoms with Gasteiger partial charge in [-0.3, -0.25) is 14.9 Å². The van der Waals surface area contributed by atoms with E-state index in [9.17, 15) is 14.4 Å². The third-order valence-corrected chi connectivity index (χ3v) is 4.72. The summed E-state index contributed by atoms with van der Waals surface area (Å²) in [6.45, 7) is 4.25. The van der Waals surface area contributed by atoms with E-state index in [0.29, 0.717) is 19.7 Å². The lowest BCUT2D eigenvalue weighted by molar-refractivity contribution is -0.149. The van der Waals surface area contributed by atoms with Crippen LogP contribution in [-0.4, -0.2) is 55.1 Å². The molecule has 0 radical (unpaired) electrons. The monoisotopic (exact) mass is 339 g/mol. The van der Waals surface area contributed by atoms with Crippen LogP contribution in [0.2, 0.25) is 0 Å². The van der Waals surface area contributed by atoms with Gasteiger partial charge >= 0.3 is 12.0 Å². The van der Waals surface area contributed by atoms with Crippen LogP contribution in [0, 0.1) is 5.92 Å². The summed E-state index contributed by atoms with van der Waals surface area (Å²) in [6, 6.07) is -0.194. The quantitative estimate of drug-likeness (QED) is 0.715. The van der Waals surface area contributed by atoms with Gasteiger partial charge in [-0.25, -0.2) is 4.79 Å². The van der Waals surface area contributed by atoms with Gasteiger partial charge < -0.3 is 15.0 Å². The molecule has 2 fully saturated rings. The third-order valence-electron chi connectivity index (χ3n) is 4.72. The lowest BCUT2D eigenvalue weighted by Crippen LogP contribution is -2.45. The van der Waals surface area contributed by atoms with Gasteiger partial charge in [0.05, 0.1) is 12.5 Å². The Bertz CT molecular complexity index is 449. The number of nitrogens with zero attached hydrogens (tertiary/aromatic N) is 1. The van der Waals surface area contributed by atoms with Gasteiger partial charge in [0, 0.05) is 25.6 Å². The molecule has 2 aliphatic rings. The van der Waals surface area contributed by atoms with Crippen molar-refractivity contribution >= 4 is 17.9 Å². The molecule has 7 nitrogen and oxygen atoms in total. The Morgan fingerprint density at radius 1 is 1.12 bits per heavy atom. The molecule has 0 spiro atoms. The third kappa shape index (κ3) is 6.11. The van der Waals surface area contributed by atoms with Crippen LogP contribution >= 0.6 is 0 Å². The highest BCUT2D eigenvalue weighted by atomic mass is 16.5. The summed E-state index contributed by atoms with van der Waals surface area (Å²) < 4.78 is 5.07. The Morgan fingerprint density at radius 2 is 1.88 bits per heavy atom. The maximum absolute atomic E-state index is 11.9. The molecule has 7 heteroatoms. The summed E-state index contributed by atoms with van der Waals surface area (Å²) in [6.07, 6.45) is 6.27. The molecule has 1 aliphatic heterocycles. The maximum Gasteiger partial charge on any atom is 0.321 e. The molecular formula is C17H29N3O4. The summed E-state index contributed by atoms with van der Waals surface area (Å²) in [5.41, 5.74) is 0. The first-order chi connectivity index (χ1) is 11.6. The normalized spacial score (nSPS) is 22.1. The molecule has 1 saturated carbocycles. The molecule has 0 aromatic carbocycles. The molecule has 0 unspecified atom stereocenters. The number of carbonyl (C=O) groups is 3. The maximum atomic E-state index is 11.9. The Morgan fingerprint density at radius 3 is 2.58 bits per heavy atom. The highest BCUT2D eigenvalue weighted by molar-refractivity contribution is 5.94. The van der Waals surface area contributed by atoms with Crippen molar-refractivity contribution in [3.8, 4) is 0 Å². The summed E-state index contributed by atoms with van der Waals surface area (Å²) in [5, 5.41) is 5.23. The SMILES string of the molecule is CCOC(=O)[C@@H]1CCCN(CCC(=O)NC(=O)NC2CCCC2)C1. The molecule has 1 heterocycles. The zero-order chi connectivity index (χ0) is 17.4. The van der Waals surface area contributed by atoms with Gasteiger partial charge in [0.1, 0.15) is 0 Å². The summed E-state index contributed by atoms with van der Waals surface area (Å²) in [7, 11) is 0. The number of rotatable bonds is 6. The second-order valence-corrected chi connectivity index (χ2v) is 6.64. The van der Waals surface area contributed by atoms with Gasteiger partial charge in [-0.05, 0) is 39.2 Å². The van der Waals surface area contributed by atoms with E-state index in [2.05, 4.69) is 15.5 Å². The Kier molecular flexibility index (Phi) is 7.49. The number of nitrogens with one attached hydrogen (secondary N) is 2. The van der Waals surface area contributed by atoms with Crippen LogP contribution in [0.3, 0.4) is 0 Å². The van der Waals surface area contributed by atoms with Gasteiger partial charge in [0.15, 0.2) is 0 Å². The first-order valence-electron chi connectivity index (χ1n) is 9.07. The topological polar surface area (TPSA) is 87.7 Å². The first-order valence-corrected chi connectivity index (χ1v) is 9.07. The molecule has 0 aromatic heterocycles. The van der Waals surface area contributed by atoms with Gasteiger partial charge in [-0.2, -0.15) is 0 Å². The van der Waals surface area contributed by atoms with Crippen molar-refractivity contribution in [1.82, 2.24) is 15.5 Å². The highest BCUT2D eigenvalue weighted by Gasteiger charge is 2.27. The van der Waals surface area contributed by atoms with Crippen molar-refractivity contribution in [3.63, 3.8) is 0 Å². The molecule has 1 saturated heterocycles. The second-order valence-electron chi connectivity index (χ2n) is 6.64. The molecule has 3 amide bonds. The molecule has 1 aliphatic carbocycles. The van der Waals surface area contributed by atoms with Gasteiger partial charge in [0.25, 0.3) is 0 Å². The molecule has 136 valence electrons. The van der Waals surface area contributed by atoms with E-state index in [1.54, 1.807) is 6.92 Å². The number of imide groups is 1. The smallest absolute Gasteiger partial charge is 0.321 e. The van der Waals surface area contributed by atoms with E-state index in [-0.39, 0.29) is 30.3 Å². The fourth-order valence-corrected chi connectivity index (χ4v) is 3.45. The summed E-state index contributed by atoms with van der Waals surface area (Å²) >= 11 is 0. The largest absolute Gasteiger partial charge is 0.466 e. The van der Waals surface area contributed by atoms with Crippen LogP contribution in [0.25, 0.3) is 0 Å². The van der Waals surface area contributed by atoms with Gasteiger partial charge in [-0.1, -0.05) is 12.8 Å². The first kappa shape index (κ1) is 18.7. The van der Waals surface area contributed by atoms with E-state index in [1.807, 2.05) is 0 Å². The molecule has 0 aromatic rings. The predicted octanol–water partition coefficient (Wildman–Crippen LogP) is 1.42. The minimum atomic E-state index is -0.394. The average molecular weight is 339 g/mol. The predicted molar refractivity (Wildman–Crippen MR) is 89.3 cm³/mol. The van der Waals surface area contributed by atoms with Crippen molar-refractivity contribution in [3.05, 3.63) is 0 Å². The number of amides is 3. The molecule has 1 atom stereocenters. The average Bonchev–Trinajstić information content (AvgIpc) is 3.06. The van der Waals surface area contributed by atoms with E-state index in [4.69, 9.17) is 4.74 Å². The van der Waals surface area contributed by atoms with Crippen molar-refractivity contribution < 1.29 is 19.1 Å². The standard InChI is InChI=1S/C17H29N3O4/c1-2-24-16(22)13-6-5-10-20(12-13)11-9-15(21)19-17(23)18-14-7-3-4-8-14/h13-14H,2-12H2,1H3,(H2,18,19,21,23)/t13-/m1/s1. The van der Waals surface area contributed by atoms with E-state index >= 15 is 0 Å². The van der Waals surface area contributed by atoms with Crippen LogP contribution in [0.4, 0.5) is 4.79 Å². The molecule has 2 N–H and O–H groups in total. The second kappa shape index (κ2) is 9.61. The number of likely N-dealkylation sites (tertiary alicyclic amines) is 1. The summed E-state index contributed by atoms with van der Waals surface area (Å²) in [5.74, 6) is -0.529. The van der Waals surface area contributed by atoms with E-state index in [0.717, 1.165) is 45.1 Å². The number of urea groups is 1. The minimum absolute atomic E-state index is 0.104. The zero-order valence-electron chi connectivity index (χ0n) is 14.5.